The van der Waals surface area contributed by atoms with Crippen LogP contribution in [0.1, 0.15) is 51.7 Å². The predicted octanol–water partition coefficient (Wildman–Crippen LogP) is 5.16. The number of carbonyl (C=O) groups excluding carboxylic acids is 1. The van der Waals surface area contributed by atoms with Crippen LogP contribution < -0.4 is 20.6 Å². The highest BCUT2D eigenvalue weighted by Crippen LogP contribution is 2.41. The van der Waals surface area contributed by atoms with Gasteiger partial charge in [-0.1, -0.05) is 37.6 Å². The second-order valence-electron chi connectivity index (χ2n) is 10.2. The molecule has 0 aliphatic carbocycles. The summed E-state index contributed by atoms with van der Waals surface area (Å²) in [4.78, 5) is 37.5. The number of aromatic hydroxyl groups is 2. The highest BCUT2D eigenvalue weighted by Gasteiger charge is 2.25. The normalized spacial score (nSPS) is 12.1. The molecule has 3 aromatic rings. The van der Waals surface area contributed by atoms with Gasteiger partial charge in [-0.2, -0.15) is 0 Å². The summed E-state index contributed by atoms with van der Waals surface area (Å²) < 4.78 is 17.2. The molecule has 0 saturated heterocycles. The van der Waals surface area contributed by atoms with Crippen molar-refractivity contribution in [1.29, 1.82) is 0 Å². The Morgan fingerprint density at radius 3 is 2.44 bits per heavy atom. The van der Waals surface area contributed by atoms with Gasteiger partial charge in [0.2, 0.25) is 5.43 Å². The number of hydrogen-bond donors (Lipinski definition) is 4. The molecule has 10 nitrogen and oxygen atoms in total. The van der Waals surface area contributed by atoms with Crippen molar-refractivity contribution >= 4 is 29.0 Å². The number of phenols is 2. The lowest BCUT2D eigenvalue weighted by atomic mass is 9.98. The number of aliphatic carboxylic acids is 1. The fourth-order valence-corrected chi connectivity index (χ4v) is 4.05. The van der Waals surface area contributed by atoms with Crippen LogP contribution in [0.3, 0.4) is 0 Å². The molecule has 0 bridgehead atoms. The molecule has 0 spiro atoms. The number of carboxylic acids is 1. The fraction of sp³-hybridized carbons (Fsp3) is 0.323. The largest absolute Gasteiger partial charge is 0.508 e. The Morgan fingerprint density at radius 1 is 1.12 bits per heavy atom. The number of allylic oxidation sites excluding steroid dienone is 3. The van der Waals surface area contributed by atoms with Gasteiger partial charge in [0.1, 0.15) is 45.8 Å². The number of benzene rings is 2. The van der Waals surface area contributed by atoms with Crippen LogP contribution >= 0.6 is 0 Å². The van der Waals surface area contributed by atoms with Gasteiger partial charge < -0.3 is 34.9 Å². The molecule has 3 rings (SSSR count). The lowest BCUT2D eigenvalue weighted by Gasteiger charge is -2.17. The van der Waals surface area contributed by atoms with Gasteiger partial charge in [-0.15, -0.1) is 0 Å². The minimum Gasteiger partial charge on any atom is -0.508 e. The molecule has 0 saturated carbocycles. The van der Waals surface area contributed by atoms with Gasteiger partial charge in [-0.3, -0.25) is 9.59 Å². The van der Waals surface area contributed by atoms with Crippen molar-refractivity contribution in [3.8, 4) is 34.3 Å². The Bertz CT molecular complexity index is 1580. The molecule has 1 atom stereocenters. The zero-order chi connectivity index (χ0) is 30.4. The van der Waals surface area contributed by atoms with Gasteiger partial charge in [0.25, 0.3) is 0 Å². The van der Waals surface area contributed by atoms with E-state index in [1.54, 1.807) is 6.08 Å². The highest BCUT2D eigenvalue weighted by atomic mass is 16.5. The standard InChI is InChI=1S/C31H35NO9/c1-16(2)6-9-19-23(39-5)15-25-27(28(19)36)29(37)21(10-7-17(3)4)30(40-25)20-11-8-18(33)14-24(20)41-31(38)22(32)12-13-26(34)35/h6-9,11,14-16,22,33,36H,10,12-13,32H2,1-5H3,(H,34,35)/b9-6+/t22-/m0/s1. The van der Waals surface area contributed by atoms with Crippen LogP contribution in [0.4, 0.5) is 0 Å². The van der Waals surface area contributed by atoms with E-state index in [1.807, 2.05) is 39.8 Å². The molecule has 0 unspecified atom stereocenters. The first-order valence-corrected chi connectivity index (χ1v) is 13.1. The number of carbonyl (C=O) groups is 2. The Hall–Kier alpha value is -4.57. The average molecular weight is 566 g/mol. The van der Waals surface area contributed by atoms with Gasteiger partial charge in [-0.25, -0.2) is 4.79 Å². The first-order chi connectivity index (χ1) is 19.3. The molecular formula is C31H35NO9. The Morgan fingerprint density at radius 2 is 1.83 bits per heavy atom. The van der Waals surface area contributed by atoms with Crippen molar-refractivity contribution in [1.82, 2.24) is 0 Å². The number of rotatable bonds is 11. The van der Waals surface area contributed by atoms with Crippen molar-refractivity contribution in [2.45, 2.75) is 53.0 Å². The molecule has 0 aliphatic heterocycles. The number of esters is 1. The number of ether oxygens (including phenoxy) is 2. The summed E-state index contributed by atoms with van der Waals surface area (Å²) in [7, 11) is 1.43. The van der Waals surface area contributed by atoms with Crippen molar-refractivity contribution in [2.75, 3.05) is 7.11 Å². The summed E-state index contributed by atoms with van der Waals surface area (Å²) in [5, 5.41) is 30.2. The van der Waals surface area contributed by atoms with E-state index in [0.29, 0.717) is 5.56 Å². The molecule has 0 fully saturated rings. The molecule has 0 amide bonds. The number of phenolic OH excluding ortho intramolecular Hbond substituents is 2. The van der Waals surface area contributed by atoms with E-state index in [4.69, 9.17) is 24.7 Å². The van der Waals surface area contributed by atoms with Gasteiger partial charge in [-0.05, 0) is 44.7 Å². The average Bonchev–Trinajstić information content (AvgIpc) is 2.89. The number of fused-ring (bicyclic) bond motifs is 1. The summed E-state index contributed by atoms with van der Waals surface area (Å²) in [6.07, 6.45) is 5.00. The maximum absolute atomic E-state index is 14.0. The Balaban J connectivity index is 2.29. The van der Waals surface area contributed by atoms with Crippen molar-refractivity contribution in [2.24, 2.45) is 11.7 Å². The Kier molecular flexibility index (Phi) is 9.96. The quantitative estimate of drug-likeness (QED) is 0.138. The third-order valence-corrected chi connectivity index (χ3v) is 6.23. The highest BCUT2D eigenvalue weighted by molar-refractivity contribution is 5.92. The first-order valence-electron chi connectivity index (χ1n) is 13.1. The van der Waals surface area contributed by atoms with Crippen molar-refractivity contribution < 1.29 is 38.8 Å². The van der Waals surface area contributed by atoms with Crippen molar-refractivity contribution in [3.05, 3.63) is 63.3 Å². The number of nitrogens with two attached hydrogens (primary N) is 1. The van der Waals surface area contributed by atoms with Crippen LogP contribution in [-0.4, -0.2) is 40.4 Å². The van der Waals surface area contributed by atoms with E-state index in [1.165, 1.54) is 31.4 Å². The van der Waals surface area contributed by atoms with E-state index < -0.39 is 23.4 Å². The SMILES string of the molecule is COc1cc2oc(-c3ccc(O)cc3OC(=O)[C@@H](N)CCC(=O)O)c(CC=C(C)C)c(=O)c2c(O)c1/C=C/C(C)C. The topological polar surface area (TPSA) is 170 Å². The summed E-state index contributed by atoms with van der Waals surface area (Å²) >= 11 is 0. The maximum atomic E-state index is 14.0. The van der Waals surface area contributed by atoms with Crippen LogP contribution in [0.2, 0.25) is 0 Å². The second kappa shape index (κ2) is 13.2. The van der Waals surface area contributed by atoms with Crippen LogP contribution in [0.5, 0.6) is 23.0 Å². The van der Waals surface area contributed by atoms with Gasteiger partial charge >= 0.3 is 11.9 Å². The van der Waals surface area contributed by atoms with E-state index in [2.05, 4.69) is 0 Å². The molecule has 10 heteroatoms. The third kappa shape index (κ3) is 7.34. The molecule has 0 radical (unpaired) electrons. The number of carboxylic acid groups (broad SMARTS) is 1. The first kappa shape index (κ1) is 31.0. The van der Waals surface area contributed by atoms with E-state index in [-0.39, 0.29) is 76.0 Å². The molecule has 2 aromatic carbocycles. The van der Waals surface area contributed by atoms with Crippen LogP contribution in [-0.2, 0) is 16.0 Å². The third-order valence-electron chi connectivity index (χ3n) is 6.23. The number of hydrogen-bond acceptors (Lipinski definition) is 9. The van der Waals surface area contributed by atoms with Gasteiger partial charge in [0.15, 0.2) is 0 Å². The molecular weight excluding hydrogens is 530 g/mol. The van der Waals surface area contributed by atoms with E-state index in [0.717, 1.165) is 5.57 Å². The predicted molar refractivity (Wildman–Crippen MR) is 155 cm³/mol. The minimum atomic E-state index is -1.24. The monoisotopic (exact) mass is 565 g/mol. The summed E-state index contributed by atoms with van der Waals surface area (Å²) in [6, 6.07) is 4.19. The van der Waals surface area contributed by atoms with Crippen LogP contribution in [0, 0.1) is 5.92 Å². The zero-order valence-corrected chi connectivity index (χ0v) is 23.7. The lowest BCUT2D eigenvalue weighted by molar-refractivity contribution is -0.138. The van der Waals surface area contributed by atoms with Gasteiger partial charge in [0.05, 0.1) is 18.2 Å². The van der Waals surface area contributed by atoms with E-state index in [9.17, 15) is 24.6 Å². The minimum absolute atomic E-state index is 0.0329. The summed E-state index contributed by atoms with van der Waals surface area (Å²) in [5.74, 6) is -2.21. The molecule has 218 valence electrons. The number of methoxy groups -OCH3 is 1. The molecule has 41 heavy (non-hydrogen) atoms. The summed E-state index contributed by atoms with van der Waals surface area (Å²) in [6.45, 7) is 7.68. The van der Waals surface area contributed by atoms with Crippen LogP contribution in [0.25, 0.3) is 28.4 Å². The molecule has 1 aromatic heterocycles. The zero-order valence-electron chi connectivity index (χ0n) is 23.7. The van der Waals surface area contributed by atoms with E-state index >= 15 is 0 Å². The van der Waals surface area contributed by atoms with Crippen LogP contribution in [0.15, 0.2) is 51.2 Å². The Labute approximate surface area is 237 Å². The molecule has 0 aliphatic rings. The summed E-state index contributed by atoms with van der Waals surface area (Å²) in [5.41, 5.74) is 6.96. The molecule has 1 heterocycles. The smallest absolute Gasteiger partial charge is 0.328 e. The maximum Gasteiger partial charge on any atom is 0.328 e. The van der Waals surface area contributed by atoms with Gasteiger partial charge in [0, 0.05) is 24.1 Å². The lowest BCUT2D eigenvalue weighted by Crippen LogP contribution is -2.34. The second-order valence-corrected chi connectivity index (χ2v) is 10.2. The fourth-order valence-electron chi connectivity index (χ4n) is 4.05. The van der Waals surface area contributed by atoms with Crippen molar-refractivity contribution in [3.63, 3.8) is 0 Å². The molecule has 5 N–H and O–H groups in total.